The minimum atomic E-state index is 0.0463. The Morgan fingerprint density at radius 1 is 1.04 bits per heavy atom. The Labute approximate surface area is 187 Å². The molecule has 1 unspecified atom stereocenters. The average molecular weight is 506 g/mol. The Balaban J connectivity index is 0.000000219. The molecule has 0 aliphatic carbocycles. The molecule has 1 fully saturated rings. The van der Waals surface area contributed by atoms with Crippen LogP contribution < -0.4 is 5.73 Å². The van der Waals surface area contributed by atoms with Gasteiger partial charge in [0.1, 0.15) is 7.85 Å². The summed E-state index contributed by atoms with van der Waals surface area (Å²) in [6.07, 6.45) is 5.72. The smallest absolute Gasteiger partial charge is 0.108 e. The van der Waals surface area contributed by atoms with Gasteiger partial charge < -0.3 is 10.5 Å². The lowest BCUT2D eigenvalue weighted by Gasteiger charge is -2.01. The number of halogens is 2. The van der Waals surface area contributed by atoms with Crippen molar-refractivity contribution in [2.45, 2.75) is 44.5 Å². The summed E-state index contributed by atoms with van der Waals surface area (Å²) in [7, 11) is 5.31. The Hall–Kier alpha value is -1.13. The first-order chi connectivity index (χ1) is 13.6. The van der Waals surface area contributed by atoms with Gasteiger partial charge in [-0.2, -0.15) is 5.26 Å². The average Bonchev–Trinajstić information content (AvgIpc) is 3.19. The molecule has 1 aliphatic heterocycles. The van der Waals surface area contributed by atoms with Crippen molar-refractivity contribution in [3.8, 4) is 6.07 Å². The summed E-state index contributed by atoms with van der Waals surface area (Å²) < 4.78 is 7.21. The maximum absolute atomic E-state index is 8.35. The molecule has 148 valence electrons. The van der Waals surface area contributed by atoms with E-state index in [4.69, 9.17) is 23.6 Å². The molecule has 0 saturated carbocycles. The molecule has 2 aromatic rings. The van der Waals surface area contributed by atoms with Gasteiger partial charge in [-0.25, -0.2) is 0 Å². The molecule has 1 heterocycles. The molecule has 0 amide bonds. The van der Waals surface area contributed by atoms with Crippen molar-refractivity contribution in [2.24, 2.45) is 5.73 Å². The number of nitrogens with two attached hydrogens (primary N) is 1. The van der Waals surface area contributed by atoms with E-state index in [0.29, 0.717) is 6.42 Å². The molecule has 0 spiro atoms. The van der Waals surface area contributed by atoms with Crippen molar-refractivity contribution < 1.29 is 4.74 Å². The van der Waals surface area contributed by atoms with Crippen LogP contribution in [0.2, 0.25) is 0 Å². The van der Waals surface area contributed by atoms with E-state index in [0.717, 1.165) is 49.7 Å². The van der Waals surface area contributed by atoms with Gasteiger partial charge in [0.25, 0.3) is 0 Å². The van der Waals surface area contributed by atoms with E-state index < -0.39 is 0 Å². The molecule has 28 heavy (non-hydrogen) atoms. The molecule has 0 bridgehead atoms. The van der Waals surface area contributed by atoms with E-state index in [1.54, 1.807) is 0 Å². The highest BCUT2D eigenvalue weighted by molar-refractivity contribution is 9.10. The fourth-order valence-corrected chi connectivity index (χ4v) is 3.45. The van der Waals surface area contributed by atoms with Crippen LogP contribution in [0.5, 0.6) is 0 Å². The highest BCUT2D eigenvalue weighted by Gasteiger charge is 2.06. The van der Waals surface area contributed by atoms with Gasteiger partial charge in [-0.1, -0.05) is 68.3 Å². The minimum Gasteiger partial charge on any atom is -0.388 e. The Morgan fingerprint density at radius 3 is 2.00 bits per heavy atom. The summed E-state index contributed by atoms with van der Waals surface area (Å²) in [5, 5.41) is 8.35. The Bertz CT molecular complexity index is 716. The summed E-state index contributed by atoms with van der Waals surface area (Å²) in [6.45, 7) is 1.63. The van der Waals surface area contributed by atoms with E-state index >= 15 is 0 Å². The molecule has 1 saturated heterocycles. The number of hydrogen-bond acceptors (Lipinski definition) is 3. The molecule has 2 aromatic carbocycles. The Morgan fingerprint density at radius 2 is 1.61 bits per heavy atom. The monoisotopic (exact) mass is 504 g/mol. The zero-order valence-electron chi connectivity index (χ0n) is 16.1. The van der Waals surface area contributed by atoms with Crippen LogP contribution in [-0.4, -0.2) is 27.0 Å². The summed E-state index contributed by atoms with van der Waals surface area (Å²) >= 11 is 6.90. The second-order valence-corrected chi connectivity index (χ2v) is 7.99. The molecule has 2 radical (unpaired) electrons. The second-order valence-electron chi connectivity index (χ2n) is 6.28. The predicted octanol–water partition coefficient (Wildman–Crippen LogP) is 5.54. The number of ether oxygens (including phenoxy) is 1. The van der Waals surface area contributed by atoms with E-state index in [9.17, 15) is 0 Å². The van der Waals surface area contributed by atoms with Crippen molar-refractivity contribution in [3.63, 3.8) is 0 Å². The third kappa shape index (κ3) is 11.0. The van der Waals surface area contributed by atoms with Gasteiger partial charge in [0.05, 0.1) is 6.07 Å². The summed E-state index contributed by atoms with van der Waals surface area (Å²) in [4.78, 5) is 0. The molecule has 1 aliphatic rings. The molecule has 3 rings (SSSR count). The van der Waals surface area contributed by atoms with Gasteiger partial charge in [0, 0.05) is 28.0 Å². The number of aryl methyl sites for hydroxylation is 2. The lowest BCUT2D eigenvalue weighted by molar-refractivity contribution is 0.168. The van der Waals surface area contributed by atoms with Crippen LogP contribution in [0.3, 0.4) is 0 Å². The van der Waals surface area contributed by atoms with Crippen LogP contribution in [0, 0.1) is 11.3 Å². The third-order valence-corrected chi connectivity index (χ3v) is 5.58. The normalized spacial score (nSPS) is 14.9. The lowest BCUT2D eigenvalue weighted by atomic mass is 9.98. The third-order valence-electron chi connectivity index (χ3n) is 4.04. The second kappa shape index (κ2) is 15.8. The first-order valence-corrected chi connectivity index (χ1v) is 11.1. The van der Waals surface area contributed by atoms with Crippen LogP contribution in [-0.2, 0) is 17.6 Å². The predicted molar refractivity (Wildman–Crippen MR) is 124 cm³/mol. The molecular formula is C22H27BBr2N2O. The summed E-state index contributed by atoms with van der Waals surface area (Å²) in [5.41, 5.74) is 7.96. The van der Waals surface area contributed by atoms with Gasteiger partial charge >= 0.3 is 0 Å². The zero-order valence-corrected chi connectivity index (χ0v) is 19.3. The van der Waals surface area contributed by atoms with Crippen molar-refractivity contribution in [1.29, 1.82) is 5.26 Å². The summed E-state index contributed by atoms with van der Waals surface area (Å²) in [6, 6.07) is 18.4. The topological polar surface area (TPSA) is 59.0 Å². The van der Waals surface area contributed by atoms with E-state index in [2.05, 4.69) is 56.1 Å². The van der Waals surface area contributed by atoms with Crippen LogP contribution >= 0.6 is 31.9 Å². The first kappa shape index (κ1) is 24.9. The van der Waals surface area contributed by atoms with Gasteiger partial charge in [0.15, 0.2) is 0 Å². The zero-order chi connectivity index (χ0) is 20.6. The maximum Gasteiger partial charge on any atom is 0.108 e. The number of rotatable bonds is 5. The molecular weight excluding hydrogens is 479 g/mol. The molecule has 6 heteroatoms. The number of hydrogen-bond donors (Lipinski definition) is 1. The van der Waals surface area contributed by atoms with Crippen LogP contribution in [0.4, 0.5) is 0 Å². The van der Waals surface area contributed by atoms with E-state index in [1.807, 2.05) is 30.3 Å². The SMILES string of the molecule is N#CCCc1ccccc1Br.NCCCc1ccccc1Br.[B]C1CCCO1. The van der Waals surface area contributed by atoms with E-state index in [-0.39, 0.29) is 6.00 Å². The molecule has 3 nitrogen and oxygen atoms in total. The maximum atomic E-state index is 8.35. The standard InChI is InChI=1S/C9H12BrN.C9H8BrN.C4H7BO/c2*10-9-6-2-1-4-8(9)5-3-7-11;5-4-2-1-3-6-4/h1-2,4,6H,3,5,7,11H2;1-2,4,6H,3,5H2;4H,1-3H2. The molecule has 1 atom stereocenters. The quantitative estimate of drug-likeness (QED) is 0.543. The number of benzene rings is 2. The van der Waals surface area contributed by atoms with Crippen molar-refractivity contribution in [1.82, 2.24) is 0 Å². The Kier molecular flexibility index (Phi) is 14.0. The lowest BCUT2D eigenvalue weighted by Crippen LogP contribution is -2.01. The van der Waals surface area contributed by atoms with Gasteiger partial charge in [0.2, 0.25) is 0 Å². The van der Waals surface area contributed by atoms with Gasteiger partial charge in [-0.3, -0.25) is 0 Å². The van der Waals surface area contributed by atoms with Crippen LogP contribution in [0.15, 0.2) is 57.5 Å². The highest BCUT2D eigenvalue weighted by atomic mass is 79.9. The van der Waals surface area contributed by atoms with E-state index in [1.165, 1.54) is 15.6 Å². The van der Waals surface area contributed by atoms with Crippen molar-refractivity contribution in [3.05, 3.63) is 68.6 Å². The molecule has 2 N–H and O–H groups in total. The van der Waals surface area contributed by atoms with Gasteiger partial charge in [-0.05, 0) is 61.9 Å². The van der Waals surface area contributed by atoms with Crippen LogP contribution in [0.25, 0.3) is 0 Å². The van der Waals surface area contributed by atoms with Crippen LogP contribution in [0.1, 0.15) is 36.8 Å². The van der Waals surface area contributed by atoms with Crippen molar-refractivity contribution in [2.75, 3.05) is 13.2 Å². The van der Waals surface area contributed by atoms with Gasteiger partial charge in [-0.15, -0.1) is 0 Å². The largest absolute Gasteiger partial charge is 0.388 e. The number of nitrogens with zero attached hydrogens (tertiary/aromatic N) is 1. The number of nitriles is 1. The van der Waals surface area contributed by atoms with Crippen molar-refractivity contribution >= 4 is 39.7 Å². The minimum absolute atomic E-state index is 0.0463. The highest BCUT2D eigenvalue weighted by Crippen LogP contribution is 2.17. The summed E-state index contributed by atoms with van der Waals surface area (Å²) in [5.74, 6) is 0. The molecule has 0 aromatic heterocycles. The first-order valence-electron chi connectivity index (χ1n) is 9.49. The fraction of sp³-hybridized carbons (Fsp3) is 0.409. The fourth-order valence-electron chi connectivity index (χ4n) is 2.49.